The number of amides is 2. The molecule has 2 N–H and O–H groups in total. The SMILES string of the molecule is CN(CC(N)=O)C(=O)CCc1ccc(N(C)C)cc1. The highest BCUT2D eigenvalue weighted by atomic mass is 16.2. The third-order valence-corrected chi connectivity index (χ3v) is 2.90. The topological polar surface area (TPSA) is 66.6 Å². The molecule has 2 amide bonds. The first kappa shape index (κ1) is 15.0. The predicted molar refractivity (Wildman–Crippen MR) is 75.9 cm³/mol. The number of hydrogen-bond acceptors (Lipinski definition) is 3. The standard InChI is InChI=1S/C14H21N3O2/c1-16(2)12-7-4-11(5-8-12)6-9-14(19)17(3)10-13(15)18/h4-5,7-8H,6,9-10H2,1-3H3,(H2,15,18). The van der Waals surface area contributed by atoms with Crippen LogP contribution in [0.3, 0.4) is 0 Å². The highest BCUT2D eigenvalue weighted by Crippen LogP contribution is 2.13. The maximum absolute atomic E-state index is 11.7. The van der Waals surface area contributed by atoms with Crippen molar-refractivity contribution in [1.29, 1.82) is 0 Å². The summed E-state index contributed by atoms with van der Waals surface area (Å²) in [6.45, 7) is -0.0294. The number of aryl methyl sites for hydroxylation is 1. The number of nitrogens with zero attached hydrogens (tertiary/aromatic N) is 2. The first-order valence-corrected chi connectivity index (χ1v) is 6.18. The Morgan fingerprint density at radius 2 is 1.68 bits per heavy atom. The molecular formula is C14H21N3O2. The van der Waals surface area contributed by atoms with Crippen LogP contribution in [0.1, 0.15) is 12.0 Å². The summed E-state index contributed by atoms with van der Waals surface area (Å²) >= 11 is 0. The Balaban J connectivity index is 2.48. The number of primary amides is 1. The van der Waals surface area contributed by atoms with Gasteiger partial charge in [0, 0.05) is 33.3 Å². The minimum absolute atomic E-state index is 0.0294. The van der Waals surface area contributed by atoms with Gasteiger partial charge < -0.3 is 15.5 Å². The molecule has 1 aromatic rings. The number of likely N-dealkylation sites (N-methyl/N-ethyl adjacent to an activating group) is 1. The predicted octanol–water partition coefficient (Wildman–Crippen LogP) is 0.629. The zero-order chi connectivity index (χ0) is 14.4. The first-order chi connectivity index (χ1) is 8.90. The smallest absolute Gasteiger partial charge is 0.237 e. The van der Waals surface area contributed by atoms with Gasteiger partial charge in [0.15, 0.2) is 0 Å². The highest BCUT2D eigenvalue weighted by Gasteiger charge is 2.10. The molecule has 0 bridgehead atoms. The number of carbonyl (C=O) groups excluding carboxylic acids is 2. The van der Waals surface area contributed by atoms with Gasteiger partial charge >= 0.3 is 0 Å². The lowest BCUT2D eigenvalue weighted by molar-refractivity contribution is -0.133. The van der Waals surface area contributed by atoms with E-state index >= 15 is 0 Å². The Hall–Kier alpha value is -2.04. The van der Waals surface area contributed by atoms with Crippen LogP contribution < -0.4 is 10.6 Å². The fourth-order valence-corrected chi connectivity index (χ4v) is 1.72. The van der Waals surface area contributed by atoms with Gasteiger partial charge in [-0.2, -0.15) is 0 Å². The summed E-state index contributed by atoms with van der Waals surface area (Å²) < 4.78 is 0. The van der Waals surface area contributed by atoms with Crippen LogP contribution in [0.5, 0.6) is 0 Å². The molecule has 0 unspecified atom stereocenters. The van der Waals surface area contributed by atoms with Gasteiger partial charge in [-0.1, -0.05) is 12.1 Å². The summed E-state index contributed by atoms with van der Waals surface area (Å²) in [6, 6.07) is 8.06. The lowest BCUT2D eigenvalue weighted by Gasteiger charge is -2.15. The molecule has 0 atom stereocenters. The number of rotatable bonds is 6. The van der Waals surface area contributed by atoms with E-state index in [1.807, 2.05) is 43.3 Å². The van der Waals surface area contributed by atoms with Crippen LogP contribution in [0.4, 0.5) is 5.69 Å². The molecule has 0 fully saturated rings. The van der Waals surface area contributed by atoms with Crippen LogP contribution in [0.25, 0.3) is 0 Å². The van der Waals surface area contributed by atoms with E-state index in [0.29, 0.717) is 12.8 Å². The second-order valence-electron chi connectivity index (χ2n) is 4.78. The van der Waals surface area contributed by atoms with Gasteiger partial charge in [0.2, 0.25) is 11.8 Å². The zero-order valence-corrected chi connectivity index (χ0v) is 11.7. The fourth-order valence-electron chi connectivity index (χ4n) is 1.72. The molecule has 1 rings (SSSR count). The van der Waals surface area contributed by atoms with Crippen molar-refractivity contribution in [3.8, 4) is 0 Å². The number of benzene rings is 1. The highest BCUT2D eigenvalue weighted by molar-refractivity contribution is 5.83. The Morgan fingerprint density at radius 1 is 1.11 bits per heavy atom. The van der Waals surface area contributed by atoms with Crippen molar-refractivity contribution in [1.82, 2.24) is 4.90 Å². The second-order valence-corrected chi connectivity index (χ2v) is 4.78. The number of hydrogen-bond donors (Lipinski definition) is 1. The maximum Gasteiger partial charge on any atom is 0.237 e. The van der Waals surface area contributed by atoms with Crippen molar-refractivity contribution in [2.75, 3.05) is 32.6 Å². The minimum atomic E-state index is -0.494. The van der Waals surface area contributed by atoms with E-state index in [1.54, 1.807) is 7.05 Å². The molecule has 5 nitrogen and oxygen atoms in total. The van der Waals surface area contributed by atoms with Crippen LogP contribution in [0.15, 0.2) is 24.3 Å². The van der Waals surface area contributed by atoms with Gasteiger partial charge in [-0.15, -0.1) is 0 Å². The summed E-state index contributed by atoms with van der Waals surface area (Å²) in [5.41, 5.74) is 7.27. The van der Waals surface area contributed by atoms with Gasteiger partial charge in [-0.05, 0) is 24.1 Å². The maximum atomic E-state index is 11.7. The van der Waals surface area contributed by atoms with Crippen molar-refractivity contribution in [3.05, 3.63) is 29.8 Å². The quantitative estimate of drug-likeness (QED) is 0.818. The molecule has 0 heterocycles. The largest absolute Gasteiger partial charge is 0.378 e. The summed E-state index contributed by atoms with van der Waals surface area (Å²) in [6.07, 6.45) is 1.04. The zero-order valence-electron chi connectivity index (χ0n) is 11.7. The van der Waals surface area contributed by atoms with Crippen LogP contribution >= 0.6 is 0 Å². The summed E-state index contributed by atoms with van der Waals surface area (Å²) in [5, 5.41) is 0. The van der Waals surface area contributed by atoms with Gasteiger partial charge in [-0.25, -0.2) is 0 Å². The third kappa shape index (κ3) is 4.99. The third-order valence-electron chi connectivity index (χ3n) is 2.90. The fraction of sp³-hybridized carbons (Fsp3) is 0.429. The molecule has 0 aromatic heterocycles. The number of anilines is 1. The van der Waals surface area contributed by atoms with Crippen molar-refractivity contribution in [2.45, 2.75) is 12.8 Å². The molecule has 19 heavy (non-hydrogen) atoms. The lowest BCUT2D eigenvalue weighted by atomic mass is 10.1. The average Bonchev–Trinajstić information content (AvgIpc) is 2.35. The van der Waals surface area contributed by atoms with Gasteiger partial charge in [0.1, 0.15) is 0 Å². The van der Waals surface area contributed by atoms with E-state index in [9.17, 15) is 9.59 Å². The minimum Gasteiger partial charge on any atom is -0.378 e. The Bertz CT molecular complexity index is 441. The average molecular weight is 263 g/mol. The first-order valence-electron chi connectivity index (χ1n) is 6.18. The molecule has 0 aliphatic rings. The van der Waals surface area contributed by atoms with Crippen molar-refractivity contribution in [3.63, 3.8) is 0 Å². The van der Waals surface area contributed by atoms with Gasteiger partial charge in [0.05, 0.1) is 6.54 Å². The van der Waals surface area contributed by atoms with Crippen LogP contribution in [-0.2, 0) is 16.0 Å². The van der Waals surface area contributed by atoms with E-state index in [2.05, 4.69) is 0 Å². The van der Waals surface area contributed by atoms with Crippen LogP contribution in [0.2, 0.25) is 0 Å². The van der Waals surface area contributed by atoms with E-state index in [-0.39, 0.29) is 12.5 Å². The molecule has 1 aromatic carbocycles. The number of carbonyl (C=O) groups is 2. The molecule has 104 valence electrons. The Labute approximate surface area is 114 Å². The molecule has 0 aliphatic heterocycles. The second kappa shape index (κ2) is 6.78. The van der Waals surface area contributed by atoms with Crippen LogP contribution in [0, 0.1) is 0 Å². The van der Waals surface area contributed by atoms with E-state index in [1.165, 1.54) is 4.90 Å². The molecule has 5 heteroatoms. The van der Waals surface area contributed by atoms with Gasteiger partial charge in [0.25, 0.3) is 0 Å². The van der Waals surface area contributed by atoms with Crippen LogP contribution in [-0.4, -0.2) is 44.4 Å². The van der Waals surface area contributed by atoms with E-state index < -0.39 is 5.91 Å². The summed E-state index contributed by atoms with van der Waals surface area (Å²) in [5.74, 6) is -0.568. The monoisotopic (exact) mass is 263 g/mol. The molecule has 0 saturated carbocycles. The van der Waals surface area contributed by atoms with Gasteiger partial charge in [-0.3, -0.25) is 9.59 Å². The normalized spacial score (nSPS) is 10.1. The van der Waals surface area contributed by atoms with E-state index in [0.717, 1.165) is 11.3 Å². The Kier molecular flexibility index (Phi) is 5.36. The molecule has 0 spiro atoms. The molecule has 0 radical (unpaired) electrons. The van der Waals surface area contributed by atoms with Crippen molar-refractivity contribution in [2.24, 2.45) is 5.73 Å². The van der Waals surface area contributed by atoms with Crippen molar-refractivity contribution < 1.29 is 9.59 Å². The van der Waals surface area contributed by atoms with Crippen molar-refractivity contribution >= 4 is 17.5 Å². The Morgan fingerprint density at radius 3 is 2.16 bits per heavy atom. The van der Waals surface area contributed by atoms with E-state index in [4.69, 9.17) is 5.73 Å². The molecule has 0 saturated heterocycles. The lowest BCUT2D eigenvalue weighted by Crippen LogP contribution is -2.35. The number of nitrogens with two attached hydrogens (primary N) is 1. The summed E-state index contributed by atoms with van der Waals surface area (Å²) in [4.78, 5) is 25.8. The molecular weight excluding hydrogens is 242 g/mol. The molecule has 0 aliphatic carbocycles. The summed E-state index contributed by atoms with van der Waals surface area (Å²) in [7, 11) is 5.55.